The fourth-order valence-corrected chi connectivity index (χ4v) is 4.06. The third-order valence-electron chi connectivity index (χ3n) is 3.81. The number of fused-ring (bicyclic) bond motifs is 1. The molecule has 1 fully saturated rings. The van der Waals surface area contributed by atoms with E-state index in [9.17, 15) is 0 Å². The van der Waals surface area contributed by atoms with Crippen molar-refractivity contribution in [3.63, 3.8) is 0 Å². The first-order valence-electron chi connectivity index (χ1n) is 6.62. The SMILES string of the molecule is CSC1CCCC1NCc1cc(Cl)c2c(c1)OCO2. The lowest BCUT2D eigenvalue weighted by Gasteiger charge is -2.19. The average molecular weight is 300 g/mol. The maximum Gasteiger partial charge on any atom is 0.231 e. The minimum atomic E-state index is 0.267. The molecule has 3 nitrogen and oxygen atoms in total. The summed E-state index contributed by atoms with van der Waals surface area (Å²) in [6.07, 6.45) is 6.11. The molecule has 0 bridgehead atoms. The lowest BCUT2D eigenvalue weighted by Crippen LogP contribution is -2.33. The van der Waals surface area contributed by atoms with Crippen LogP contribution in [-0.4, -0.2) is 24.3 Å². The summed E-state index contributed by atoms with van der Waals surface area (Å²) >= 11 is 8.15. The lowest BCUT2D eigenvalue weighted by atomic mass is 10.1. The van der Waals surface area contributed by atoms with Crippen LogP contribution < -0.4 is 14.8 Å². The van der Waals surface area contributed by atoms with Gasteiger partial charge in [-0.2, -0.15) is 11.8 Å². The summed E-state index contributed by atoms with van der Waals surface area (Å²) in [5, 5.41) is 5.02. The van der Waals surface area contributed by atoms with Gasteiger partial charge in [-0.05, 0) is 36.8 Å². The van der Waals surface area contributed by atoms with Gasteiger partial charge in [-0.3, -0.25) is 0 Å². The number of rotatable bonds is 4. The van der Waals surface area contributed by atoms with E-state index in [1.54, 1.807) is 0 Å². The van der Waals surface area contributed by atoms with Crippen LogP contribution in [0.3, 0.4) is 0 Å². The Balaban J connectivity index is 1.66. The normalized spacial score (nSPS) is 24.9. The number of halogens is 1. The van der Waals surface area contributed by atoms with Gasteiger partial charge in [0.25, 0.3) is 0 Å². The number of hydrogen-bond acceptors (Lipinski definition) is 4. The molecule has 104 valence electrons. The van der Waals surface area contributed by atoms with Crippen LogP contribution in [0, 0.1) is 0 Å². The Hall–Kier alpha value is -0.580. The molecule has 19 heavy (non-hydrogen) atoms. The number of hydrogen-bond donors (Lipinski definition) is 1. The van der Waals surface area contributed by atoms with E-state index in [2.05, 4.69) is 11.6 Å². The van der Waals surface area contributed by atoms with E-state index in [4.69, 9.17) is 21.1 Å². The Morgan fingerprint density at radius 2 is 2.26 bits per heavy atom. The second kappa shape index (κ2) is 5.81. The fraction of sp³-hybridized carbons (Fsp3) is 0.571. The van der Waals surface area contributed by atoms with E-state index in [-0.39, 0.29) is 6.79 Å². The van der Waals surface area contributed by atoms with Crippen LogP contribution in [0.15, 0.2) is 12.1 Å². The van der Waals surface area contributed by atoms with Gasteiger partial charge in [-0.1, -0.05) is 18.0 Å². The summed E-state index contributed by atoms with van der Waals surface area (Å²) in [6.45, 7) is 1.10. The zero-order valence-corrected chi connectivity index (χ0v) is 12.5. The Morgan fingerprint density at radius 3 is 3.11 bits per heavy atom. The van der Waals surface area contributed by atoms with Gasteiger partial charge in [0.1, 0.15) is 0 Å². The van der Waals surface area contributed by atoms with Crippen molar-refractivity contribution in [3.05, 3.63) is 22.7 Å². The van der Waals surface area contributed by atoms with Crippen LogP contribution in [0.5, 0.6) is 11.5 Å². The zero-order chi connectivity index (χ0) is 13.2. The van der Waals surface area contributed by atoms with Crippen LogP contribution in [-0.2, 0) is 6.54 Å². The average Bonchev–Trinajstić information content (AvgIpc) is 3.04. The van der Waals surface area contributed by atoms with Crippen molar-refractivity contribution >= 4 is 23.4 Å². The Kier molecular flexibility index (Phi) is 4.10. The molecular formula is C14H18ClNO2S. The molecule has 5 heteroatoms. The van der Waals surface area contributed by atoms with E-state index in [0.717, 1.165) is 23.1 Å². The standard InChI is InChI=1S/C14H18ClNO2S/c1-19-13-4-2-3-11(13)16-7-9-5-10(15)14-12(6-9)17-8-18-14/h5-6,11,13,16H,2-4,7-8H2,1H3. The molecule has 0 aromatic heterocycles. The third kappa shape index (κ3) is 2.81. The Bertz CT molecular complexity index is 469. The molecule has 2 unspecified atom stereocenters. The maximum absolute atomic E-state index is 6.19. The minimum absolute atomic E-state index is 0.267. The molecular weight excluding hydrogens is 282 g/mol. The fourth-order valence-electron chi connectivity index (χ4n) is 2.81. The first kappa shape index (κ1) is 13.4. The van der Waals surface area contributed by atoms with Crippen LogP contribution in [0.4, 0.5) is 0 Å². The van der Waals surface area contributed by atoms with Crippen molar-refractivity contribution < 1.29 is 9.47 Å². The van der Waals surface area contributed by atoms with Crippen molar-refractivity contribution in [2.45, 2.75) is 37.1 Å². The molecule has 1 heterocycles. The molecule has 1 N–H and O–H groups in total. The lowest BCUT2D eigenvalue weighted by molar-refractivity contribution is 0.174. The summed E-state index contributed by atoms with van der Waals surface area (Å²) < 4.78 is 10.7. The van der Waals surface area contributed by atoms with Crippen molar-refractivity contribution in [2.24, 2.45) is 0 Å². The summed E-state index contributed by atoms with van der Waals surface area (Å²) in [5.74, 6) is 1.44. The number of nitrogens with one attached hydrogen (secondary N) is 1. The van der Waals surface area contributed by atoms with E-state index in [1.165, 1.54) is 19.3 Å². The molecule has 1 aromatic carbocycles. The number of thioether (sulfide) groups is 1. The third-order valence-corrected chi connectivity index (χ3v) is 5.26. The van der Waals surface area contributed by atoms with Gasteiger partial charge in [-0.25, -0.2) is 0 Å². The number of ether oxygens (including phenoxy) is 2. The van der Waals surface area contributed by atoms with Crippen molar-refractivity contribution in [1.82, 2.24) is 5.32 Å². The van der Waals surface area contributed by atoms with Gasteiger partial charge in [0.15, 0.2) is 11.5 Å². The van der Waals surface area contributed by atoms with Crippen LogP contribution >= 0.6 is 23.4 Å². The molecule has 1 aromatic rings. The molecule has 2 aliphatic rings. The summed E-state index contributed by atoms with van der Waals surface area (Å²) in [6, 6.07) is 4.59. The highest BCUT2D eigenvalue weighted by Gasteiger charge is 2.26. The molecule has 2 atom stereocenters. The first-order valence-corrected chi connectivity index (χ1v) is 8.28. The second-order valence-corrected chi connectivity index (χ2v) is 6.49. The highest BCUT2D eigenvalue weighted by atomic mass is 35.5. The number of benzene rings is 1. The van der Waals surface area contributed by atoms with Gasteiger partial charge >= 0.3 is 0 Å². The Morgan fingerprint density at radius 1 is 1.37 bits per heavy atom. The predicted octanol–water partition coefficient (Wildman–Crippen LogP) is 3.44. The summed E-state index contributed by atoms with van der Waals surface area (Å²) in [5.41, 5.74) is 1.15. The second-order valence-electron chi connectivity index (χ2n) is 5.00. The van der Waals surface area contributed by atoms with Crippen LogP contribution in [0.25, 0.3) is 0 Å². The Labute approximate surface area is 123 Å². The van der Waals surface area contributed by atoms with E-state index < -0.39 is 0 Å². The molecule has 0 saturated heterocycles. The highest BCUT2D eigenvalue weighted by molar-refractivity contribution is 7.99. The highest BCUT2D eigenvalue weighted by Crippen LogP contribution is 2.40. The van der Waals surface area contributed by atoms with Crippen LogP contribution in [0.2, 0.25) is 5.02 Å². The van der Waals surface area contributed by atoms with Crippen molar-refractivity contribution in [2.75, 3.05) is 13.0 Å². The largest absolute Gasteiger partial charge is 0.454 e. The predicted molar refractivity (Wildman–Crippen MR) is 79.4 cm³/mol. The van der Waals surface area contributed by atoms with Crippen molar-refractivity contribution in [1.29, 1.82) is 0 Å². The quantitative estimate of drug-likeness (QED) is 0.922. The van der Waals surface area contributed by atoms with Gasteiger partial charge in [0.05, 0.1) is 5.02 Å². The molecule has 0 radical (unpaired) electrons. The topological polar surface area (TPSA) is 30.5 Å². The molecule has 1 aliphatic heterocycles. The maximum atomic E-state index is 6.19. The molecule has 3 rings (SSSR count). The zero-order valence-electron chi connectivity index (χ0n) is 10.9. The van der Waals surface area contributed by atoms with E-state index >= 15 is 0 Å². The van der Waals surface area contributed by atoms with Gasteiger partial charge in [-0.15, -0.1) is 0 Å². The van der Waals surface area contributed by atoms with E-state index in [0.29, 0.717) is 16.8 Å². The van der Waals surface area contributed by atoms with Crippen molar-refractivity contribution in [3.8, 4) is 11.5 Å². The summed E-state index contributed by atoms with van der Waals surface area (Å²) in [4.78, 5) is 0. The first-order chi connectivity index (χ1) is 9.28. The van der Waals surface area contributed by atoms with Gasteiger partial charge in [0, 0.05) is 17.8 Å². The minimum Gasteiger partial charge on any atom is -0.454 e. The van der Waals surface area contributed by atoms with Gasteiger partial charge in [0.2, 0.25) is 6.79 Å². The molecule has 1 aliphatic carbocycles. The molecule has 0 spiro atoms. The smallest absolute Gasteiger partial charge is 0.231 e. The summed E-state index contributed by atoms with van der Waals surface area (Å²) in [7, 11) is 0. The van der Waals surface area contributed by atoms with Gasteiger partial charge < -0.3 is 14.8 Å². The monoisotopic (exact) mass is 299 g/mol. The van der Waals surface area contributed by atoms with Crippen LogP contribution in [0.1, 0.15) is 24.8 Å². The van der Waals surface area contributed by atoms with E-state index in [1.807, 2.05) is 23.9 Å². The molecule has 1 saturated carbocycles. The molecule has 0 amide bonds.